The molecule has 49 heavy (non-hydrogen) atoms. The lowest BCUT2D eigenvalue weighted by atomic mass is 10.1. The van der Waals surface area contributed by atoms with Crippen LogP contribution in [0.4, 0.5) is 10.8 Å². The van der Waals surface area contributed by atoms with Crippen LogP contribution in [-0.4, -0.2) is 41.7 Å². The van der Waals surface area contributed by atoms with Crippen LogP contribution in [0.15, 0.2) is 119 Å². The lowest BCUT2D eigenvalue weighted by molar-refractivity contribution is -0.116. The van der Waals surface area contributed by atoms with Gasteiger partial charge in [-0.2, -0.15) is 0 Å². The molecule has 3 N–H and O–H groups in total. The van der Waals surface area contributed by atoms with E-state index in [0.717, 1.165) is 21.9 Å². The van der Waals surface area contributed by atoms with E-state index in [-0.39, 0.29) is 11.6 Å². The first-order chi connectivity index (χ1) is 23.8. The Hall–Kier alpha value is -5.39. The fourth-order valence-corrected chi connectivity index (χ4v) is 6.42. The van der Waals surface area contributed by atoms with Crippen molar-refractivity contribution in [3.8, 4) is 22.8 Å². The van der Waals surface area contributed by atoms with Crippen molar-refractivity contribution in [1.29, 1.82) is 0 Å². The van der Waals surface area contributed by atoms with E-state index in [1.54, 1.807) is 73.8 Å². The zero-order valence-corrected chi connectivity index (χ0v) is 28.9. The number of benzene rings is 4. The molecule has 5 aromatic rings. The van der Waals surface area contributed by atoms with Gasteiger partial charge in [-0.15, -0.1) is 23.1 Å². The Morgan fingerprint density at radius 2 is 1.61 bits per heavy atom. The van der Waals surface area contributed by atoms with Gasteiger partial charge in [-0.25, -0.2) is 4.98 Å². The second-order valence-electron chi connectivity index (χ2n) is 10.6. The van der Waals surface area contributed by atoms with Crippen LogP contribution in [0.2, 0.25) is 0 Å². The quantitative estimate of drug-likeness (QED) is 0.0794. The standard InChI is InChI=1S/C38H36N4O5S2/c1-4-34(37(45)42-38-41-33(24-48-38)26-16-20-30(21-17-26)47-5-2)49-31-13-9-12-28(23-31)39-36(44)32(22-25-14-18-29(46-3)19-15-25)40-35(43)27-10-7-6-8-11-27/h6-24,34H,4-5H2,1-3H3,(H,39,44)(H,40,43)(H,41,42,45)/b32-22+. The molecule has 1 atom stereocenters. The molecule has 0 aliphatic heterocycles. The third-order valence-electron chi connectivity index (χ3n) is 7.18. The summed E-state index contributed by atoms with van der Waals surface area (Å²) in [6, 6.07) is 30.7. The summed E-state index contributed by atoms with van der Waals surface area (Å²) in [6.07, 6.45) is 2.18. The average molecular weight is 693 g/mol. The van der Waals surface area contributed by atoms with Gasteiger partial charge in [0.2, 0.25) is 5.91 Å². The minimum atomic E-state index is -0.501. The predicted octanol–water partition coefficient (Wildman–Crippen LogP) is 8.14. The number of thioether (sulfide) groups is 1. The SMILES string of the molecule is CCOc1ccc(-c2csc(NC(=O)C(CC)Sc3cccc(NC(=O)/C(=C\c4ccc(OC)cc4)NC(=O)c4ccccc4)c3)n2)cc1. The summed E-state index contributed by atoms with van der Waals surface area (Å²) in [4.78, 5) is 45.3. The molecular weight excluding hydrogens is 657 g/mol. The Kier molecular flexibility index (Phi) is 12.2. The van der Waals surface area contributed by atoms with Gasteiger partial charge in [-0.1, -0.05) is 43.3 Å². The maximum absolute atomic E-state index is 13.6. The molecule has 5 rings (SSSR count). The van der Waals surface area contributed by atoms with Gasteiger partial charge in [0.15, 0.2) is 5.13 Å². The molecule has 0 saturated carbocycles. The number of carbonyl (C=O) groups excluding carboxylic acids is 3. The van der Waals surface area contributed by atoms with Crippen molar-refractivity contribution < 1.29 is 23.9 Å². The van der Waals surface area contributed by atoms with E-state index in [1.165, 1.54) is 23.1 Å². The Morgan fingerprint density at radius 3 is 2.31 bits per heavy atom. The normalized spacial score (nSPS) is 11.7. The fourth-order valence-electron chi connectivity index (χ4n) is 4.68. The molecule has 9 nitrogen and oxygen atoms in total. The lowest BCUT2D eigenvalue weighted by Crippen LogP contribution is -2.30. The second-order valence-corrected chi connectivity index (χ2v) is 12.8. The first kappa shape index (κ1) is 34.9. The summed E-state index contributed by atoms with van der Waals surface area (Å²) in [5, 5.41) is 10.6. The van der Waals surface area contributed by atoms with Gasteiger partial charge in [0.1, 0.15) is 17.2 Å². The van der Waals surface area contributed by atoms with E-state index in [4.69, 9.17) is 9.47 Å². The monoisotopic (exact) mass is 692 g/mol. The zero-order chi connectivity index (χ0) is 34.6. The first-order valence-corrected chi connectivity index (χ1v) is 17.4. The van der Waals surface area contributed by atoms with Gasteiger partial charge in [-0.3, -0.25) is 14.4 Å². The highest BCUT2D eigenvalue weighted by atomic mass is 32.2. The van der Waals surface area contributed by atoms with Gasteiger partial charge in [0.05, 0.1) is 24.7 Å². The number of aromatic nitrogens is 1. The van der Waals surface area contributed by atoms with Crippen LogP contribution in [0, 0.1) is 0 Å². The summed E-state index contributed by atoms with van der Waals surface area (Å²) < 4.78 is 10.8. The topological polar surface area (TPSA) is 119 Å². The Labute approximate surface area is 293 Å². The summed E-state index contributed by atoms with van der Waals surface area (Å²) in [5.41, 5.74) is 3.40. The van der Waals surface area contributed by atoms with E-state index in [1.807, 2.05) is 61.7 Å². The molecule has 0 fully saturated rings. The third kappa shape index (κ3) is 9.82. The predicted molar refractivity (Wildman–Crippen MR) is 197 cm³/mol. The number of thiazole rings is 1. The molecule has 0 saturated heterocycles. The second kappa shape index (κ2) is 17.1. The van der Waals surface area contributed by atoms with Crippen molar-refractivity contribution in [2.45, 2.75) is 30.4 Å². The molecule has 1 aromatic heterocycles. The van der Waals surface area contributed by atoms with Crippen LogP contribution in [0.3, 0.4) is 0 Å². The molecule has 0 spiro atoms. The fraction of sp³-hybridized carbons (Fsp3) is 0.158. The highest BCUT2D eigenvalue weighted by molar-refractivity contribution is 8.00. The smallest absolute Gasteiger partial charge is 0.272 e. The van der Waals surface area contributed by atoms with Crippen molar-refractivity contribution in [1.82, 2.24) is 10.3 Å². The Balaban J connectivity index is 1.26. The highest BCUT2D eigenvalue weighted by Gasteiger charge is 2.21. The van der Waals surface area contributed by atoms with Crippen LogP contribution in [-0.2, 0) is 9.59 Å². The number of anilines is 2. The van der Waals surface area contributed by atoms with E-state index in [9.17, 15) is 14.4 Å². The third-order valence-corrected chi connectivity index (χ3v) is 9.30. The lowest BCUT2D eigenvalue weighted by Gasteiger charge is -2.15. The molecule has 0 bridgehead atoms. The zero-order valence-electron chi connectivity index (χ0n) is 27.3. The molecular formula is C38H36N4O5S2. The van der Waals surface area contributed by atoms with Gasteiger partial charge < -0.3 is 25.4 Å². The summed E-state index contributed by atoms with van der Waals surface area (Å²) in [5.74, 6) is 0.386. The minimum Gasteiger partial charge on any atom is -0.497 e. The minimum absolute atomic E-state index is 0.0657. The summed E-state index contributed by atoms with van der Waals surface area (Å²) in [6.45, 7) is 4.48. The summed E-state index contributed by atoms with van der Waals surface area (Å²) in [7, 11) is 1.58. The van der Waals surface area contributed by atoms with Crippen LogP contribution >= 0.6 is 23.1 Å². The Morgan fingerprint density at radius 1 is 0.878 bits per heavy atom. The van der Waals surface area contributed by atoms with Crippen molar-refractivity contribution >= 4 is 57.7 Å². The molecule has 4 aromatic carbocycles. The molecule has 11 heteroatoms. The van der Waals surface area contributed by atoms with E-state index >= 15 is 0 Å². The molecule has 250 valence electrons. The number of nitrogens with one attached hydrogen (secondary N) is 3. The molecule has 1 heterocycles. The van der Waals surface area contributed by atoms with E-state index < -0.39 is 17.1 Å². The molecule has 1 unspecified atom stereocenters. The Bertz CT molecular complexity index is 1910. The van der Waals surface area contributed by atoms with Gasteiger partial charge in [0.25, 0.3) is 11.8 Å². The van der Waals surface area contributed by atoms with Crippen molar-refractivity contribution in [2.24, 2.45) is 0 Å². The number of ether oxygens (including phenoxy) is 2. The van der Waals surface area contributed by atoms with E-state index in [2.05, 4.69) is 20.9 Å². The maximum Gasteiger partial charge on any atom is 0.272 e. The van der Waals surface area contributed by atoms with Crippen molar-refractivity contribution in [2.75, 3.05) is 24.4 Å². The van der Waals surface area contributed by atoms with Crippen molar-refractivity contribution in [3.05, 3.63) is 125 Å². The highest BCUT2D eigenvalue weighted by Crippen LogP contribution is 2.31. The van der Waals surface area contributed by atoms with Gasteiger partial charge >= 0.3 is 0 Å². The molecule has 0 aliphatic carbocycles. The number of rotatable bonds is 14. The number of carbonyl (C=O) groups is 3. The average Bonchev–Trinajstić information content (AvgIpc) is 3.59. The number of nitrogens with zero attached hydrogens (tertiary/aromatic N) is 1. The largest absolute Gasteiger partial charge is 0.497 e. The number of amides is 3. The first-order valence-electron chi connectivity index (χ1n) is 15.6. The van der Waals surface area contributed by atoms with Gasteiger partial charge in [-0.05, 0) is 91.7 Å². The maximum atomic E-state index is 13.6. The number of hydrogen-bond donors (Lipinski definition) is 3. The molecule has 3 amide bonds. The number of hydrogen-bond acceptors (Lipinski definition) is 8. The van der Waals surface area contributed by atoms with Crippen LogP contribution in [0.25, 0.3) is 17.3 Å². The molecule has 0 radical (unpaired) electrons. The molecule has 0 aliphatic rings. The van der Waals surface area contributed by atoms with Crippen LogP contribution in [0.1, 0.15) is 36.2 Å². The van der Waals surface area contributed by atoms with Crippen LogP contribution < -0.4 is 25.4 Å². The van der Waals surface area contributed by atoms with E-state index in [0.29, 0.717) is 40.7 Å². The van der Waals surface area contributed by atoms with Crippen LogP contribution in [0.5, 0.6) is 11.5 Å². The summed E-state index contributed by atoms with van der Waals surface area (Å²) >= 11 is 2.76. The van der Waals surface area contributed by atoms with Gasteiger partial charge in [0, 0.05) is 27.1 Å². The number of methoxy groups -OCH3 is 1. The van der Waals surface area contributed by atoms with Crippen molar-refractivity contribution in [3.63, 3.8) is 0 Å².